The molecule has 1 saturated heterocycles. The molecule has 1 aliphatic carbocycles. The molecule has 1 saturated carbocycles. The molecule has 0 radical (unpaired) electrons. The standard InChI is InChI=1S/C25H27FN2O3/c1-25(15-16-7-11-19(26)12-8-16)22(29)21(24(31)28-25)23(30)27-20-13-9-18(10-14-20)17-5-3-2-4-6-17/h7-14,17,21H,2-6,15H2,1H3,(H,27,30)(H,28,31). The van der Waals surface area contributed by atoms with Gasteiger partial charge in [0.05, 0.1) is 0 Å². The Bertz CT molecular complexity index is 981. The highest BCUT2D eigenvalue weighted by molar-refractivity contribution is 6.27. The number of carbonyl (C=O) groups is 3. The minimum Gasteiger partial charge on any atom is -0.342 e. The number of ketones is 1. The third-order valence-electron chi connectivity index (χ3n) is 6.46. The van der Waals surface area contributed by atoms with Gasteiger partial charge < -0.3 is 10.6 Å². The lowest BCUT2D eigenvalue weighted by Gasteiger charge is -2.22. The highest BCUT2D eigenvalue weighted by Crippen LogP contribution is 2.33. The fourth-order valence-electron chi connectivity index (χ4n) is 4.71. The molecule has 0 spiro atoms. The van der Waals surface area contributed by atoms with E-state index in [2.05, 4.69) is 10.6 Å². The molecular weight excluding hydrogens is 395 g/mol. The van der Waals surface area contributed by atoms with Gasteiger partial charge >= 0.3 is 0 Å². The number of halogens is 1. The summed E-state index contributed by atoms with van der Waals surface area (Å²) in [5, 5.41) is 5.38. The summed E-state index contributed by atoms with van der Waals surface area (Å²) in [6.07, 6.45) is 6.36. The van der Waals surface area contributed by atoms with Crippen molar-refractivity contribution in [1.29, 1.82) is 0 Å². The smallest absolute Gasteiger partial charge is 0.244 e. The molecule has 0 bridgehead atoms. The molecule has 4 rings (SSSR count). The first-order valence-corrected chi connectivity index (χ1v) is 10.9. The number of Topliss-reactive ketones (excluding diaryl/α,β-unsaturated/α-hetero) is 1. The number of hydrogen-bond acceptors (Lipinski definition) is 3. The molecule has 2 fully saturated rings. The van der Waals surface area contributed by atoms with Gasteiger partial charge in [0.1, 0.15) is 11.4 Å². The Kier molecular flexibility index (Phi) is 5.90. The molecule has 0 aromatic heterocycles. The SMILES string of the molecule is CC1(Cc2ccc(F)cc2)NC(=O)C(C(=O)Nc2ccc(C3CCCCC3)cc2)C1=O. The second kappa shape index (κ2) is 8.61. The number of amides is 2. The zero-order chi connectivity index (χ0) is 22.0. The van der Waals surface area contributed by atoms with E-state index in [-0.39, 0.29) is 12.2 Å². The molecule has 2 unspecified atom stereocenters. The van der Waals surface area contributed by atoms with Gasteiger partial charge in [-0.1, -0.05) is 43.5 Å². The maximum absolute atomic E-state index is 13.2. The summed E-state index contributed by atoms with van der Waals surface area (Å²) in [7, 11) is 0. The Hall–Kier alpha value is -3.02. The van der Waals surface area contributed by atoms with E-state index in [4.69, 9.17) is 0 Å². The molecule has 1 aliphatic heterocycles. The Balaban J connectivity index is 1.42. The molecule has 1 heterocycles. The third-order valence-corrected chi connectivity index (χ3v) is 6.46. The van der Waals surface area contributed by atoms with Crippen LogP contribution in [0.2, 0.25) is 0 Å². The fraction of sp³-hybridized carbons (Fsp3) is 0.400. The van der Waals surface area contributed by atoms with Crippen LogP contribution in [-0.2, 0) is 20.8 Å². The largest absolute Gasteiger partial charge is 0.342 e. The lowest BCUT2D eigenvalue weighted by Crippen LogP contribution is -2.45. The van der Waals surface area contributed by atoms with Crippen LogP contribution >= 0.6 is 0 Å². The van der Waals surface area contributed by atoms with Crippen molar-refractivity contribution in [2.75, 3.05) is 5.32 Å². The number of anilines is 1. The first-order valence-electron chi connectivity index (χ1n) is 10.9. The highest BCUT2D eigenvalue weighted by atomic mass is 19.1. The summed E-state index contributed by atoms with van der Waals surface area (Å²) < 4.78 is 13.2. The summed E-state index contributed by atoms with van der Waals surface area (Å²) in [5.74, 6) is -2.92. The molecule has 2 aliphatic rings. The first kappa shape index (κ1) is 21.2. The molecule has 2 atom stereocenters. The molecular formula is C25H27FN2O3. The van der Waals surface area contributed by atoms with Crippen LogP contribution in [0.5, 0.6) is 0 Å². The van der Waals surface area contributed by atoms with E-state index in [1.165, 1.54) is 49.8 Å². The van der Waals surface area contributed by atoms with Crippen molar-refractivity contribution >= 4 is 23.3 Å². The molecule has 162 valence electrons. The van der Waals surface area contributed by atoms with E-state index in [0.717, 1.165) is 0 Å². The molecule has 5 nitrogen and oxygen atoms in total. The van der Waals surface area contributed by atoms with Crippen molar-refractivity contribution in [3.63, 3.8) is 0 Å². The van der Waals surface area contributed by atoms with Gasteiger partial charge in [-0.2, -0.15) is 0 Å². The van der Waals surface area contributed by atoms with E-state index < -0.39 is 29.1 Å². The van der Waals surface area contributed by atoms with E-state index >= 15 is 0 Å². The molecule has 2 aromatic rings. The normalized spacial score (nSPS) is 24.1. The number of hydrogen-bond donors (Lipinski definition) is 2. The van der Waals surface area contributed by atoms with Crippen molar-refractivity contribution in [3.05, 3.63) is 65.5 Å². The zero-order valence-corrected chi connectivity index (χ0v) is 17.6. The Morgan fingerprint density at radius 2 is 1.68 bits per heavy atom. The quantitative estimate of drug-likeness (QED) is 0.712. The first-order chi connectivity index (χ1) is 14.9. The van der Waals surface area contributed by atoms with Gasteiger partial charge in [0.25, 0.3) is 0 Å². The second-order valence-corrected chi connectivity index (χ2v) is 8.87. The average Bonchev–Trinajstić information content (AvgIpc) is 2.99. The zero-order valence-electron chi connectivity index (χ0n) is 17.6. The molecule has 2 N–H and O–H groups in total. The Morgan fingerprint density at radius 3 is 2.32 bits per heavy atom. The van der Waals surface area contributed by atoms with Gasteiger partial charge in [0.2, 0.25) is 11.8 Å². The van der Waals surface area contributed by atoms with Crippen LogP contribution in [0.15, 0.2) is 48.5 Å². The lowest BCUT2D eigenvalue weighted by molar-refractivity contribution is -0.135. The van der Waals surface area contributed by atoms with Crippen LogP contribution in [0.1, 0.15) is 56.1 Å². The van der Waals surface area contributed by atoms with Gasteiger partial charge in [0.15, 0.2) is 11.7 Å². The summed E-state index contributed by atoms with van der Waals surface area (Å²) in [6.45, 7) is 1.60. The van der Waals surface area contributed by atoms with Crippen LogP contribution in [-0.4, -0.2) is 23.1 Å². The summed E-state index contributed by atoms with van der Waals surface area (Å²) in [5.41, 5.74) is 1.33. The Labute approximate surface area is 181 Å². The monoisotopic (exact) mass is 422 g/mol. The van der Waals surface area contributed by atoms with Crippen molar-refractivity contribution in [1.82, 2.24) is 5.32 Å². The van der Waals surface area contributed by atoms with Gasteiger partial charge in [-0.3, -0.25) is 14.4 Å². The molecule has 31 heavy (non-hydrogen) atoms. The van der Waals surface area contributed by atoms with E-state index in [0.29, 0.717) is 17.2 Å². The van der Waals surface area contributed by atoms with Crippen molar-refractivity contribution < 1.29 is 18.8 Å². The van der Waals surface area contributed by atoms with Crippen LogP contribution in [0, 0.1) is 11.7 Å². The predicted octanol–water partition coefficient (Wildman–Crippen LogP) is 4.13. The van der Waals surface area contributed by atoms with Crippen LogP contribution in [0.25, 0.3) is 0 Å². The van der Waals surface area contributed by atoms with Gasteiger partial charge in [-0.25, -0.2) is 4.39 Å². The second-order valence-electron chi connectivity index (χ2n) is 8.87. The van der Waals surface area contributed by atoms with Crippen LogP contribution in [0.3, 0.4) is 0 Å². The summed E-state index contributed by atoms with van der Waals surface area (Å²) >= 11 is 0. The van der Waals surface area contributed by atoms with Gasteiger partial charge in [-0.15, -0.1) is 0 Å². The van der Waals surface area contributed by atoms with E-state index in [1.807, 2.05) is 24.3 Å². The minimum absolute atomic E-state index is 0.192. The topological polar surface area (TPSA) is 75.3 Å². The number of rotatable bonds is 5. The van der Waals surface area contributed by atoms with Crippen LogP contribution in [0.4, 0.5) is 10.1 Å². The fourth-order valence-corrected chi connectivity index (χ4v) is 4.71. The van der Waals surface area contributed by atoms with Gasteiger partial charge in [0, 0.05) is 12.1 Å². The van der Waals surface area contributed by atoms with Crippen molar-refractivity contribution in [2.24, 2.45) is 5.92 Å². The molecule has 2 amide bonds. The summed E-state index contributed by atoms with van der Waals surface area (Å²) in [6, 6.07) is 13.4. The Morgan fingerprint density at radius 1 is 1.03 bits per heavy atom. The molecule has 6 heteroatoms. The van der Waals surface area contributed by atoms with E-state index in [9.17, 15) is 18.8 Å². The predicted molar refractivity (Wildman–Crippen MR) is 116 cm³/mol. The van der Waals surface area contributed by atoms with E-state index in [1.54, 1.807) is 19.1 Å². The maximum Gasteiger partial charge on any atom is 0.244 e. The molecule has 2 aromatic carbocycles. The number of nitrogens with one attached hydrogen (secondary N) is 2. The van der Waals surface area contributed by atoms with Gasteiger partial charge in [-0.05, 0) is 61.1 Å². The number of carbonyl (C=O) groups excluding carboxylic acids is 3. The lowest BCUT2D eigenvalue weighted by atomic mass is 9.84. The van der Waals surface area contributed by atoms with Crippen molar-refractivity contribution in [2.45, 2.75) is 56.9 Å². The highest BCUT2D eigenvalue weighted by Gasteiger charge is 2.52. The minimum atomic E-state index is -1.40. The third kappa shape index (κ3) is 4.53. The average molecular weight is 423 g/mol. The number of benzene rings is 2. The maximum atomic E-state index is 13.2. The van der Waals surface area contributed by atoms with Crippen molar-refractivity contribution in [3.8, 4) is 0 Å². The summed E-state index contributed by atoms with van der Waals surface area (Å²) in [4.78, 5) is 38.2. The van der Waals surface area contributed by atoms with Crippen LogP contribution < -0.4 is 10.6 Å².